The molecule has 0 heterocycles. The molecule has 0 radical (unpaired) electrons. The Morgan fingerprint density at radius 2 is 1.15 bits per heavy atom. The minimum absolute atomic E-state index is 0.472. The fourth-order valence-electron chi connectivity index (χ4n) is 0.399. The molecular weight excluding hydrogens is 272 g/mol. The summed E-state index contributed by atoms with van der Waals surface area (Å²) >= 11 is 0. The molecule has 10 nitrogen and oxygen atoms in total. The number of aliphatic hydroxyl groups is 2. The highest BCUT2D eigenvalue weighted by Crippen LogP contribution is 1.92. The van der Waals surface area contributed by atoms with Gasteiger partial charge in [-0.2, -0.15) is 10.5 Å². The molecule has 0 aromatic rings. The Morgan fingerprint density at radius 3 is 1.20 bits per heavy atom. The molecule has 2 unspecified atom stereocenters. The smallest absolute Gasteiger partial charge is 0.335 e. The third-order valence-corrected chi connectivity index (χ3v) is 1.32. The monoisotopic (exact) mass is 290 g/mol. The van der Waals surface area contributed by atoms with Gasteiger partial charge in [0, 0.05) is 25.9 Å². The van der Waals surface area contributed by atoms with Crippen molar-refractivity contribution in [1.82, 2.24) is 0 Å². The van der Waals surface area contributed by atoms with Gasteiger partial charge >= 0.3 is 11.9 Å². The molecule has 0 saturated heterocycles. The summed E-state index contributed by atoms with van der Waals surface area (Å²) < 4.78 is 0. The fourth-order valence-corrected chi connectivity index (χ4v) is 0.399. The van der Waals surface area contributed by atoms with Crippen LogP contribution in [0.2, 0.25) is 0 Å². The molecule has 0 amide bonds. The Bertz CT molecular complexity index is 315. The fraction of sp³-hybridized carbons (Fsp3) is 0.600. The van der Waals surface area contributed by atoms with E-state index in [1.54, 1.807) is 0 Å². The molecule has 10 heteroatoms. The van der Waals surface area contributed by atoms with Crippen molar-refractivity contribution in [3.05, 3.63) is 0 Å². The Morgan fingerprint density at radius 1 is 0.900 bits per heavy atom. The first-order valence-electron chi connectivity index (χ1n) is 5.25. The van der Waals surface area contributed by atoms with E-state index in [1.165, 1.54) is 0 Å². The highest BCUT2D eigenvalue weighted by molar-refractivity contribution is 5.83. The van der Waals surface area contributed by atoms with Crippen LogP contribution in [-0.4, -0.2) is 57.7 Å². The Kier molecular flexibility index (Phi) is 19.2. The van der Waals surface area contributed by atoms with E-state index in [9.17, 15) is 9.59 Å². The summed E-state index contributed by atoms with van der Waals surface area (Å²) in [5.74, 6) is -3.54. The number of hydrogen-bond acceptors (Lipinski definition) is 8. The highest BCUT2D eigenvalue weighted by Gasteiger charge is 2.29. The molecule has 0 aromatic carbocycles. The largest absolute Gasteiger partial charge is 0.479 e. The number of carboxylic acid groups (broad SMARTS) is 2. The van der Waals surface area contributed by atoms with Crippen molar-refractivity contribution >= 4 is 11.9 Å². The van der Waals surface area contributed by atoms with Gasteiger partial charge < -0.3 is 31.9 Å². The number of nitriles is 2. The highest BCUT2D eigenvalue weighted by atomic mass is 16.4. The summed E-state index contributed by atoms with van der Waals surface area (Å²) in [4.78, 5) is 19.5. The van der Waals surface area contributed by atoms with Crippen molar-refractivity contribution in [2.24, 2.45) is 11.5 Å². The molecular formula is C10H18N4O6. The number of aliphatic hydroxyl groups excluding tert-OH is 2. The molecule has 0 aliphatic rings. The van der Waals surface area contributed by atoms with Gasteiger partial charge in [0.05, 0.1) is 12.1 Å². The van der Waals surface area contributed by atoms with E-state index in [-0.39, 0.29) is 0 Å². The average Bonchev–Trinajstić information content (AvgIpc) is 2.40. The molecule has 0 bridgehead atoms. The van der Waals surface area contributed by atoms with Gasteiger partial charge in [0.2, 0.25) is 0 Å². The van der Waals surface area contributed by atoms with Crippen LogP contribution < -0.4 is 11.5 Å². The predicted octanol–water partition coefficient (Wildman–Crippen LogP) is -2.41. The second-order valence-electron chi connectivity index (χ2n) is 2.96. The van der Waals surface area contributed by atoms with Gasteiger partial charge in [-0.1, -0.05) is 0 Å². The first-order chi connectivity index (χ1) is 9.29. The predicted molar refractivity (Wildman–Crippen MR) is 65.9 cm³/mol. The number of hydrogen-bond donors (Lipinski definition) is 6. The molecule has 0 aliphatic heterocycles. The van der Waals surface area contributed by atoms with E-state index in [2.05, 4.69) is 0 Å². The van der Waals surface area contributed by atoms with E-state index in [0.29, 0.717) is 25.9 Å². The molecule has 8 N–H and O–H groups in total. The van der Waals surface area contributed by atoms with Crippen LogP contribution in [0.4, 0.5) is 0 Å². The normalized spacial score (nSPS) is 11.1. The lowest BCUT2D eigenvalue weighted by Crippen LogP contribution is -2.39. The molecule has 2 atom stereocenters. The van der Waals surface area contributed by atoms with Crippen LogP contribution in [0.5, 0.6) is 0 Å². The van der Waals surface area contributed by atoms with Gasteiger partial charge in [-0.15, -0.1) is 0 Å². The van der Waals surface area contributed by atoms with Crippen LogP contribution in [-0.2, 0) is 9.59 Å². The lowest BCUT2D eigenvalue weighted by atomic mass is 10.2. The molecule has 114 valence electrons. The lowest BCUT2D eigenvalue weighted by Gasteiger charge is -2.07. The molecule has 0 aliphatic carbocycles. The van der Waals surface area contributed by atoms with Gasteiger partial charge in [-0.3, -0.25) is 0 Å². The maximum absolute atomic E-state index is 9.77. The van der Waals surface area contributed by atoms with Gasteiger partial charge in [0.25, 0.3) is 0 Å². The van der Waals surface area contributed by atoms with Crippen LogP contribution in [0.15, 0.2) is 0 Å². The van der Waals surface area contributed by atoms with Crippen molar-refractivity contribution in [1.29, 1.82) is 10.5 Å². The quantitative estimate of drug-likeness (QED) is 0.315. The summed E-state index contributed by atoms with van der Waals surface area (Å²) in [6.45, 7) is 0.965. The Hall–Kier alpha value is -2.24. The average molecular weight is 290 g/mol. The molecule has 0 fully saturated rings. The number of carboxylic acids is 2. The second kappa shape index (κ2) is 16.8. The summed E-state index contributed by atoms with van der Waals surface area (Å²) in [5, 5.41) is 48.0. The van der Waals surface area contributed by atoms with E-state index >= 15 is 0 Å². The minimum Gasteiger partial charge on any atom is -0.479 e. The minimum atomic E-state index is -2.27. The summed E-state index contributed by atoms with van der Waals surface area (Å²) in [5.41, 5.74) is 9.83. The molecule has 0 aromatic heterocycles. The maximum Gasteiger partial charge on any atom is 0.335 e. The van der Waals surface area contributed by atoms with Crippen molar-refractivity contribution < 1.29 is 30.0 Å². The zero-order chi connectivity index (χ0) is 16.6. The SMILES string of the molecule is N#CCCN.N#CCCN.O=C(O)C(O)C(O)C(=O)O. The summed E-state index contributed by atoms with van der Waals surface area (Å²) in [6, 6.07) is 3.78. The first kappa shape index (κ1) is 22.9. The number of rotatable bonds is 5. The van der Waals surface area contributed by atoms with Gasteiger partial charge in [-0.25, -0.2) is 9.59 Å². The van der Waals surface area contributed by atoms with E-state index in [1.807, 2.05) is 12.1 Å². The third kappa shape index (κ3) is 18.1. The topological polar surface area (TPSA) is 215 Å². The number of carbonyl (C=O) groups is 2. The van der Waals surface area contributed by atoms with Gasteiger partial charge in [0.1, 0.15) is 0 Å². The van der Waals surface area contributed by atoms with E-state index in [4.69, 9.17) is 42.4 Å². The summed E-state index contributed by atoms with van der Waals surface area (Å²) in [7, 11) is 0. The third-order valence-electron chi connectivity index (χ3n) is 1.32. The van der Waals surface area contributed by atoms with Crippen LogP contribution >= 0.6 is 0 Å². The van der Waals surface area contributed by atoms with Crippen molar-refractivity contribution in [2.75, 3.05) is 13.1 Å². The van der Waals surface area contributed by atoms with Crippen molar-refractivity contribution in [3.8, 4) is 12.1 Å². The standard InChI is InChI=1S/C4H6O6.2C3H6N2/c5-1(3(7)8)2(6)4(9)10;2*4-2-1-3-5/h1-2,5-6H,(H,7,8)(H,9,10);2*1-2,4H2. The zero-order valence-corrected chi connectivity index (χ0v) is 10.6. The first-order valence-corrected chi connectivity index (χ1v) is 5.25. The Labute approximate surface area is 115 Å². The van der Waals surface area contributed by atoms with E-state index < -0.39 is 24.1 Å². The summed E-state index contributed by atoms with van der Waals surface area (Å²) in [6.07, 6.45) is -3.59. The number of nitrogens with two attached hydrogens (primary N) is 2. The second-order valence-corrected chi connectivity index (χ2v) is 2.96. The van der Waals surface area contributed by atoms with Crippen LogP contribution in [0.25, 0.3) is 0 Å². The maximum atomic E-state index is 9.77. The van der Waals surface area contributed by atoms with Crippen molar-refractivity contribution in [2.45, 2.75) is 25.0 Å². The van der Waals surface area contributed by atoms with Gasteiger partial charge in [0.15, 0.2) is 12.2 Å². The number of aliphatic carboxylic acids is 2. The number of nitrogens with zero attached hydrogens (tertiary/aromatic N) is 2. The molecule has 0 rings (SSSR count). The molecule has 0 saturated carbocycles. The van der Waals surface area contributed by atoms with Gasteiger partial charge in [-0.05, 0) is 0 Å². The van der Waals surface area contributed by atoms with Crippen LogP contribution in [0.3, 0.4) is 0 Å². The van der Waals surface area contributed by atoms with Crippen LogP contribution in [0.1, 0.15) is 12.8 Å². The van der Waals surface area contributed by atoms with Crippen LogP contribution in [0, 0.1) is 22.7 Å². The van der Waals surface area contributed by atoms with E-state index in [0.717, 1.165) is 0 Å². The van der Waals surface area contributed by atoms with Crippen molar-refractivity contribution in [3.63, 3.8) is 0 Å². The lowest BCUT2D eigenvalue weighted by molar-refractivity contribution is -0.165. The zero-order valence-electron chi connectivity index (χ0n) is 10.6. The molecule has 0 spiro atoms. The Balaban J connectivity index is -0.000000244. The molecule has 20 heavy (non-hydrogen) atoms.